The van der Waals surface area contributed by atoms with Crippen LogP contribution in [0.15, 0.2) is 36.4 Å². The van der Waals surface area contributed by atoms with E-state index < -0.39 is 0 Å². The molecule has 2 aromatic carbocycles. The average Bonchev–Trinajstić information content (AvgIpc) is 2.48. The second kappa shape index (κ2) is 6.44. The molecule has 1 amide bonds. The normalized spacial score (nSPS) is 10.4. The fourth-order valence-corrected chi connectivity index (χ4v) is 2.46. The maximum Gasteiger partial charge on any atom is 0.251 e. The summed E-state index contributed by atoms with van der Waals surface area (Å²) in [4.78, 5) is 12.3. The van der Waals surface area contributed by atoms with Gasteiger partial charge in [-0.05, 0) is 48.6 Å². The summed E-state index contributed by atoms with van der Waals surface area (Å²) < 4.78 is 0. The van der Waals surface area contributed by atoms with Gasteiger partial charge in [-0.1, -0.05) is 37.3 Å². The second-order valence-corrected chi connectivity index (χ2v) is 5.33. The van der Waals surface area contributed by atoms with Gasteiger partial charge in [0.1, 0.15) is 0 Å². The van der Waals surface area contributed by atoms with Gasteiger partial charge in [-0.2, -0.15) is 0 Å². The maximum atomic E-state index is 12.3. The SMILES string of the molecule is CCc1ccccc1CNC(=O)c1cc(N)c(C)cc1C. The number of anilines is 1. The first kappa shape index (κ1) is 15.1. The first-order valence-corrected chi connectivity index (χ1v) is 7.24. The predicted octanol–water partition coefficient (Wildman–Crippen LogP) is 3.38. The van der Waals surface area contributed by atoms with Crippen molar-refractivity contribution < 1.29 is 4.79 Å². The van der Waals surface area contributed by atoms with Gasteiger partial charge < -0.3 is 11.1 Å². The lowest BCUT2D eigenvalue weighted by atomic mass is 10.0. The predicted molar refractivity (Wildman–Crippen MR) is 87.3 cm³/mol. The van der Waals surface area contributed by atoms with Gasteiger partial charge in [0.2, 0.25) is 0 Å². The van der Waals surface area contributed by atoms with Crippen LogP contribution in [-0.2, 0) is 13.0 Å². The molecule has 3 heteroatoms. The number of aryl methyl sites for hydroxylation is 3. The highest BCUT2D eigenvalue weighted by molar-refractivity contribution is 5.96. The molecule has 0 spiro atoms. The van der Waals surface area contributed by atoms with Crippen LogP contribution in [0.4, 0.5) is 5.69 Å². The van der Waals surface area contributed by atoms with E-state index >= 15 is 0 Å². The van der Waals surface area contributed by atoms with E-state index in [9.17, 15) is 4.79 Å². The lowest BCUT2D eigenvalue weighted by Crippen LogP contribution is -2.24. The van der Waals surface area contributed by atoms with E-state index in [2.05, 4.69) is 24.4 Å². The zero-order valence-electron chi connectivity index (χ0n) is 12.9. The van der Waals surface area contributed by atoms with E-state index in [-0.39, 0.29) is 5.91 Å². The number of nitrogens with one attached hydrogen (secondary N) is 1. The molecule has 110 valence electrons. The molecule has 3 nitrogen and oxygen atoms in total. The molecule has 0 bridgehead atoms. The third kappa shape index (κ3) is 3.43. The van der Waals surface area contributed by atoms with E-state index in [0.29, 0.717) is 17.8 Å². The van der Waals surface area contributed by atoms with Crippen molar-refractivity contribution in [1.29, 1.82) is 0 Å². The molecular weight excluding hydrogens is 260 g/mol. The minimum absolute atomic E-state index is 0.0786. The Balaban J connectivity index is 2.14. The molecule has 2 rings (SSSR count). The number of nitrogens with two attached hydrogens (primary N) is 1. The van der Waals surface area contributed by atoms with Gasteiger partial charge in [-0.25, -0.2) is 0 Å². The minimum atomic E-state index is -0.0786. The Kier molecular flexibility index (Phi) is 4.63. The fraction of sp³-hybridized carbons (Fsp3) is 0.278. The van der Waals surface area contributed by atoms with E-state index in [4.69, 9.17) is 5.73 Å². The quantitative estimate of drug-likeness (QED) is 0.845. The van der Waals surface area contributed by atoms with E-state index in [1.807, 2.05) is 32.0 Å². The second-order valence-electron chi connectivity index (χ2n) is 5.33. The molecule has 2 aromatic rings. The van der Waals surface area contributed by atoms with Gasteiger partial charge >= 0.3 is 0 Å². The lowest BCUT2D eigenvalue weighted by Gasteiger charge is -2.12. The van der Waals surface area contributed by atoms with Crippen molar-refractivity contribution in [3.8, 4) is 0 Å². The van der Waals surface area contributed by atoms with E-state index in [1.54, 1.807) is 6.07 Å². The smallest absolute Gasteiger partial charge is 0.251 e. The fourth-order valence-electron chi connectivity index (χ4n) is 2.46. The molecule has 0 unspecified atom stereocenters. The van der Waals surface area contributed by atoms with Crippen molar-refractivity contribution in [3.63, 3.8) is 0 Å². The third-order valence-electron chi connectivity index (χ3n) is 3.80. The van der Waals surface area contributed by atoms with Crippen molar-refractivity contribution in [2.24, 2.45) is 0 Å². The molecule has 0 aliphatic carbocycles. The first-order chi connectivity index (χ1) is 10.0. The van der Waals surface area contributed by atoms with Crippen LogP contribution in [0.1, 0.15) is 39.5 Å². The highest BCUT2D eigenvalue weighted by Gasteiger charge is 2.11. The summed E-state index contributed by atoms with van der Waals surface area (Å²) in [6, 6.07) is 11.9. The van der Waals surface area contributed by atoms with Gasteiger partial charge in [0.25, 0.3) is 5.91 Å². The molecule has 0 heterocycles. The first-order valence-electron chi connectivity index (χ1n) is 7.24. The molecular formula is C18H22N2O. The van der Waals surface area contributed by atoms with Crippen molar-refractivity contribution in [3.05, 3.63) is 64.2 Å². The van der Waals surface area contributed by atoms with Gasteiger partial charge in [0.15, 0.2) is 0 Å². The zero-order valence-corrected chi connectivity index (χ0v) is 12.9. The molecule has 0 aliphatic rings. The number of hydrogen-bond acceptors (Lipinski definition) is 2. The number of carbonyl (C=O) groups is 1. The maximum absolute atomic E-state index is 12.3. The minimum Gasteiger partial charge on any atom is -0.398 e. The number of amides is 1. The Labute approximate surface area is 126 Å². The Hall–Kier alpha value is -2.29. The molecule has 0 saturated carbocycles. The molecule has 0 aromatic heterocycles. The van der Waals surface area contributed by atoms with Crippen molar-refractivity contribution in [2.45, 2.75) is 33.7 Å². The molecule has 21 heavy (non-hydrogen) atoms. The Morgan fingerprint density at radius 1 is 1.10 bits per heavy atom. The Morgan fingerprint density at radius 3 is 2.43 bits per heavy atom. The summed E-state index contributed by atoms with van der Waals surface area (Å²) in [5.41, 5.74) is 11.6. The highest BCUT2D eigenvalue weighted by Crippen LogP contribution is 2.18. The molecule has 0 aliphatic heterocycles. The molecule has 0 saturated heterocycles. The van der Waals surface area contributed by atoms with Crippen LogP contribution in [0.3, 0.4) is 0 Å². The number of benzene rings is 2. The van der Waals surface area contributed by atoms with Gasteiger partial charge in [0.05, 0.1) is 0 Å². The summed E-state index contributed by atoms with van der Waals surface area (Å²) in [5, 5.41) is 2.98. The average molecular weight is 282 g/mol. The zero-order chi connectivity index (χ0) is 15.4. The van der Waals surface area contributed by atoms with Crippen LogP contribution < -0.4 is 11.1 Å². The van der Waals surface area contributed by atoms with Crippen molar-refractivity contribution in [1.82, 2.24) is 5.32 Å². The molecule has 0 atom stereocenters. The van der Waals surface area contributed by atoms with Crippen LogP contribution in [0.25, 0.3) is 0 Å². The topological polar surface area (TPSA) is 55.1 Å². The number of hydrogen-bond donors (Lipinski definition) is 2. The molecule has 3 N–H and O–H groups in total. The third-order valence-corrected chi connectivity index (χ3v) is 3.80. The van der Waals surface area contributed by atoms with Crippen molar-refractivity contribution in [2.75, 3.05) is 5.73 Å². The lowest BCUT2D eigenvalue weighted by molar-refractivity contribution is 0.0950. The largest absolute Gasteiger partial charge is 0.398 e. The van der Waals surface area contributed by atoms with E-state index in [0.717, 1.165) is 23.1 Å². The van der Waals surface area contributed by atoms with Crippen LogP contribution in [-0.4, -0.2) is 5.91 Å². The van der Waals surface area contributed by atoms with Gasteiger partial charge in [0, 0.05) is 17.8 Å². The Bertz CT molecular complexity index is 662. The van der Waals surface area contributed by atoms with Crippen LogP contribution in [0.5, 0.6) is 0 Å². The molecule has 0 radical (unpaired) electrons. The van der Waals surface area contributed by atoms with Crippen LogP contribution >= 0.6 is 0 Å². The highest BCUT2D eigenvalue weighted by atomic mass is 16.1. The molecule has 0 fully saturated rings. The summed E-state index contributed by atoms with van der Waals surface area (Å²) in [6.45, 7) is 6.53. The van der Waals surface area contributed by atoms with E-state index in [1.165, 1.54) is 5.56 Å². The van der Waals surface area contributed by atoms with Gasteiger partial charge in [-0.3, -0.25) is 4.79 Å². The van der Waals surface area contributed by atoms with Crippen LogP contribution in [0, 0.1) is 13.8 Å². The van der Waals surface area contributed by atoms with Gasteiger partial charge in [-0.15, -0.1) is 0 Å². The summed E-state index contributed by atoms with van der Waals surface area (Å²) >= 11 is 0. The van der Waals surface area contributed by atoms with Crippen molar-refractivity contribution >= 4 is 11.6 Å². The Morgan fingerprint density at radius 2 is 1.76 bits per heavy atom. The number of carbonyl (C=O) groups excluding carboxylic acids is 1. The number of rotatable bonds is 4. The van der Waals surface area contributed by atoms with Crippen LogP contribution in [0.2, 0.25) is 0 Å². The summed E-state index contributed by atoms with van der Waals surface area (Å²) in [5.74, 6) is -0.0786. The summed E-state index contributed by atoms with van der Waals surface area (Å²) in [6.07, 6.45) is 0.961. The standard InChI is InChI=1S/C18H22N2O/c1-4-14-7-5-6-8-15(14)11-20-18(21)16-10-17(19)13(3)9-12(16)2/h5-10H,4,11,19H2,1-3H3,(H,20,21). The monoisotopic (exact) mass is 282 g/mol. The summed E-state index contributed by atoms with van der Waals surface area (Å²) in [7, 11) is 0. The number of nitrogen functional groups attached to an aromatic ring is 1.